The van der Waals surface area contributed by atoms with Crippen molar-refractivity contribution in [3.8, 4) is 5.75 Å². The van der Waals surface area contributed by atoms with Gasteiger partial charge in [-0.25, -0.2) is 0 Å². The maximum absolute atomic E-state index is 13.1. The summed E-state index contributed by atoms with van der Waals surface area (Å²) in [5, 5.41) is -0.110. The van der Waals surface area contributed by atoms with Crippen LogP contribution in [0, 0.1) is 5.41 Å². The van der Waals surface area contributed by atoms with E-state index >= 15 is 0 Å². The lowest BCUT2D eigenvalue weighted by Crippen LogP contribution is -2.48. The van der Waals surface area contributed by atoms with Crippen LogP contribution in [0.25, 0.3) is 0 Å². The summed E-state index contributed by atoms with van der Waals surface area (Å²) >= 11 is 0. The molecule has 2 heterocycles. The Hall–Kier alpha value is -1.73. The monoisotopic (exact) mass is 850 g/mol. The minimum atomic E-state index is -5.77. The van der Waals surface area contributed by atoms with Crippen LogP contribution < -0.4 is 4.74 Å². The van der Waals surface area contributed by atoms with Crippen LogP contribution in [0.15, 0.2) is 48.3 Å². The molecule has 6 atom stereocenters. The molecule has 0 aliphatic carbocycles. The zero-order chi connectivity index (χ0) is 42.5. The highest BCUT2D eigenvalue weighted by molar-refractivity contribution is 7.87. The minimum Gasteiger partial charge on any atom is -0.497 e. The number of methoxy groups -OCH3 is 1. The zero-order valence-corrected chi connectivity index (χ0v) is 39.0. The SMILES string of the molecule is COc1ccc(CO[C@H](C)[C@@H](C[C@@H]2CCC=C(C(C)(C)/C=C/[C@H]3C[C@@H](O[Si](C)(C)C(C)(C)C)C[C@@H](COS(=O)(=O)C(F)(F)F)O3)O2)O[Si](C)(C)C(C)(C)C)cc1. The van der Waals surface area contributed by atoms with Crippen LogP contribution in [-0.4, -0.2) is 80.9 Å². The summed E-state index contributed by atoms with van der Waals surface area (Å²) in [7, 11) is -8.59. The summed E-state index contributed by atoms with van der Waals surface area (Å²) < 4.78 is 105. The first-order valence-corrected chi connectivity index (χ1v) is 27.0. The molecule has 9 nitrogen and oxygen atoms in total. The lowest BCUT2D eigenvalue weighted by atomic mass is 9.86. The van der Waals surface area contributed by atoms with Gasteiger partial charge in [0.15, 0.2) is 16.6 Å². The largest absolute Gasteiger partial charge is 0.523 e. The molecule has 322 valence electrons. The quantitative estimate of drug-likeness (QED) is 0.0656. The van der Waals surface area contributed by atoms with Gasteiger partial charge in [0.25, 0.3) is 0 Å². The number of benzene rings is 1. The standard InChI is InChI=1S/C41H69F3O9SSi2/c1-29(48-27-30-18-20-31(47-10)21-19-30)36(53-56(13,14)39(5,6)7)26-32-16-15-17-37(51-32)40(8,9)23-22-33-24-34(52-55(11,12)38(2,3)4)25-35(50-33)28-49-54(45,46)41(42,43)44/h17-23,29,32-36H,15-16,24-28H2,1-14H3/b23-22+/t29-,32+,33+,34-,35+,36-/m1/s1. The number of allylic oxidation sites excluding steroid dienone is 2. The predicted molar refractivity (Wildman–Crippen MR) is 220 cm³/mol. The fourth-order valence-corrected chi connectivity index (χ4v) is 9.31. The molecule has 0 bridgehead atoms. The summed E-state index contributed by atoms with van der Waals surface area (Å²) in [4.78, 5) is 0. The minimum absolute atomic E-state index is 0.000132. The Labute approximate surface area is 337 Å². The highest BCUT2D eigenvalue weighted by atomic mass is 32.2. The summed E-state index contributed by atoms with van der Waals surface area (Å²) in [6.07, 6.45) is 6.61. The van der Waals surface area contributed by atoms with E-state index < -0.39 is 56.5 Å². The van der Waals surface area contributed by atoms with Crippen molar-refractivity contribution >= 4 is 26.8 Å². The zero-order valence-electron chi connectivity index (χ0n) is 36.2. The molecule has 1 aromatic carbocycles. The molecular formula is C41H69F3O9SSi2. The molecule has 3 rings (SSSR count). The molecule has 0 radical (unpaired) electrons. The number of halogens is 3. The Morgan fingerprint density at radius 2 is 1.52 bits per heavy atom. The summed E-state index contributed by atoms with van der Waals surface area (Å²) in [5.74, 6) is 1.60. The van der Waals surface area contributed by atoms with Gasteiger partial charge in [-0.2, -0.15) is 21.6 Å². The van der Waals surface area contributed by atoms with E-state index in [0.29, 0.717) is 19.4 Å². The molecule has 0 amide bonds. The predicted octanol–water partition coefficient (Wildman–Crippen LogP) is 10.8. The van der Waals surface area contributed by atoms with Gasteiger partial charge in [0, 0.05) is 24.7 Å². The second-order valence-corrected chi connectivity index (χ2v) is 30.1. The molecular weight excluding hydrogens is 782 g/mol. The van der Waals surface area contributed by atoms with E-state index in [-0.39, 0.29) is 40.9 Å². The number of alkyl halides is 3. The number of hydrogen-bond donors (Lipinski definition) is 0. The molecule has 0 aromatic heterocycles. The van der Waals surface area contributed by atoms with E-state index in [1.807, 2.05) is 50.3 Å². The second kappa shape index (κ2) is 18.7. The van der Waals surface area contributed by atoms with Crippen molar-refractivity contribution < 1.29 is 53.6 Å². The van der Waals surface area contributed by atoms with Crippen molar-refractivity contribution in [1.29, 1.82) is 0 Å². The maximum atomic E-state index is 13.1. The van der Waals surface area contributed by atoms with E-state index in [4.69, 9.17) is 27.8 Å². The van der Waals surface area contributed by atoms with E-state index in [1.165, 1.54) is 0 Å². The third kappa shape index (κ3) is 13.7. The lowest BCUT2D eigenvalue weighted by molar-refractivity contribution is -0.0927. The summed E-state index contributed by atoms with van der Waals surface area (Å²) in [6, 6.07) is 7.84. The Morgan fingerprint density at radius 1 is 0.911 bits per heavy atom. The molecule has 2 aliphatic rings. The van der Waals surface area contributed by atoms with Crippen LogP contribution in [-0.2, 0) is 44.0 Å². The Balaban J connectivity index is 1.77. The van der Waals surface area contributed by atoms with Crippen molar-refractivity contribution in [3.63, 3.8) is 0 Å². The number of rotatable bonds is 17. The number of ether oxygens (including phenoxy) is 4. The van der Waals surface area contributed by atoms with Crippen LogP contribution in [0.1, 0.15) is 100.0 Å². The third-order valence-corrected chi connectivity index (χ3v) is 21.8. The third-order valence-electron chi connectivity index (χ3n) is 11.8. The van der Waals surface area contributed by atoms with Crippen LogP contribution >= 0.6 is 0 Å². The van der Waals surface area contributed by atoms with Gasteiger partial charge in [0.2, 0.25) is 0 Å². The second-order valence-electron chi connectivity index (χ2n) is 18.9. The molecule has 2 aliphatic heterocycles. The van der Waals surface area contributed by atoms with Crippen LogP contribution in [0.2, 0.25) is 36.3 Å². The molecule has 56 heavy (non-hydrogen) atoms. The fraction of sp³-hybridized carbons (Fsp3) is 0.756. The van der Waals surface area contributed by atoms with E-state index in [2.05, 4.69) is 84.9 Å². The van der Waals surface area contributed by atoms with Crippen molar-refractivity contribution in [1.82, 2.24) is 0 Å². The van der Waals surface area contributed by atoms with Crippen LogP contribution in [0.5, 0.6) is 5.75 Å². The van der Waals surface area contributed by atoms with Gasteiger partial charge in [-0.1, -0.05) is 65.8 Å². The molecule has 0 N–H and O–H groups in total. The first-order chi connectivity index (χ1) is 25.5. The highest BCUT2D eigenvalue weighted by Crippen LogP contribution is 2.42. The van der Waals surface area contributed by atoms with Gasteiger partial charge in [0.1, 0.15) is 17.6 Å². The van der Waals surface area contributed by atoms with Gasteiger partial charge in [-0.3, -0.25) is 4.18 Å². The summed E-state index contributed by atoms with van der Waals surface area (Å²) in [5.41, 5.74) is -5.04. The van der Waals surface area contributed by atoms with Crippen molar-refractivity contribution in [2.75, 3.05) is 13.7 Å². The smallest absolute Gasteiger partial charge is 0.497 e. The Kier molecular flexibility index (Phi) is 16.2. The van der Waals surface area contributed by atoms with E-state index in [1.54, 1.807) is 7.11 Å². The van der Waals surface area contributed by atoms with Gasteiger partial charge in [-0.15, -0.1) is 0 Å². The van der Waals surface area contributed by atoms with Gasteiger partial charge < -0.3 is 27.8 Å². The highest BCUT2D eigenvalue weighted by Gasteiger charge is 2.48. The maximum Gasteiger partial charge on any atom is 0.523 e. The first kappa shape index (κ1) is 48.6. The molecule has 0 saturated carbocycles. The molecule has 1 saturated heterocycles. The van der Waals surface area contributed by atoms with Crippen LogP contribution in [0.4, 0.5) is 13.2 Å². The Bertz CT molecular complexity index is 1580. The van der Waals surface area contributed by atoms with Crippen molar-refractivity contribution in [2.45, 2.75) is 179 Å². The lowest BCUT2D eigenvalue weighted by Gasteiger charge is -2.43. The number of hydrogen-bond acceptors (Lipinski definition) is 9. The van der Waals surface area contributed by atoms with Crippen molar-refractivity contribution in [3.05, 3.63) is 53.8 Å². The average Bonchev–Trinajstić information content (AvgIpc) is 3.07. The topological polar surface area (TPSA) is 98.8 Å². The van der Waals surface area contributed by atoms with Gasteiger partial charge in [-0.05, 0) is 93.6 Å². The van der Waals surface area contributed by atoms with Gasteiger partial charge in [0.05, 0.1) is 50.8 Å². The molecule has 1 fully saturated rings. The molecule has 0 spiro atoms. The fourth-order valence-electron chi connectivity index (χ4n) is 6.06. The molecule has 15 heteroatoms. The first-order valence-electron chi connectivity index (χ1n) is 19.7. The average molecular weight is 851 g/mol. The van der Waals surface area contributed by atoms with E-state index in [0.717, 1.165) is 29.9 Å². The van der Waals surface area contributed by atoms with Crippen LogP contribution in [0.3, 0.4) is 0 Å². The molecule has 1 aromatic rings. The van der Waals surface area contributed by atoms with E-state index in [9.17, 15) is 21.6 Å². The summed E-state index contributed by atoms with van der Waals surface area (Å²) in [6.45, 7) is 27.5. The Morgan fingerprint density at radius 3 is 2.07 bits per heavy atom. The normalized spacial score (nSPS) is 23.4. The molecule has 0 unspecified atom stereocenters. The van der Waals surface area contributed by atoms with Gasteiger partial charge >= 0.3 is 15.6 Å². The van der Waals surface area contributed by atoms with Crippen molar-refractivity contribution in [2.24, 2.45) is 5.41 Å².